The highest BCUT2D eigenvalue weighted by Crippen LogP contribution is 2.20. The van der Waals surface area contributed by atoms with Crippen molar-refractivity contribution in [3.8, 4) is 0 Å². The second-order valence-electron chi connectivity index (χ2n) is 7.51. The van der Waals surface area contributed by atoms with E-state index >= 15 is 0 Å². The average molecular weight is 405 g/mol. The zero-order valence-corrected chi connectivity index (χ0v) is 18.2. The van der Waals surface area contributed by atoms with Gasteiger partial charge < -0.3 is 9.47 Å². The van der Waals surface area contributed by atoms with E-state index in [9.17, 15) is 0 Å². The van der Waals surface area contributed by atoms with Gasteiger partial charge in [-0.1, -0.05) is 45.4 Å². The Kier molecular flexibility index (Phi) is 19.8. The lowest BCUT2D eigenvalue weighted by molar-refractivity contribution is -0.341. The molecule has 0 atom stereocenters. The summed E-state index contributed by atoms with van der Waals surface area (Å²) in [5, 5.41) is 0. The predicted molar refractivity (Wildman–Crippen MR) is 110 cm³/mol. The van der Waals surface area contributed by atoms with Gasteiger partial charge in [0.1, 0.15) is 13.2 Å². The molecule has 0 bridgehead atoms. The molecule has 6 heteroatoms. The Morgan fingerprint density at radius 3 is 1.75 bits per heavy atom. The molecule has 28 heavy (non-hydrogen) atoms. The van der Waals surface area contributed by atoms with Gasteiger partial charge in [0.25, 0.3) is 0 Å². The second kappa shape index (κ2) is 21.5. The van der Waals surface area contributed by atoms with Crippen molar-refractivity contribution < 1.29 is 29.0 Å². The molecule has 1 saturated carbocycles. The van der Waals surface area contributed by atoms with Crippen LogP contribution in [0.2, 0.25) is 0 Å². The van der Waals surface area contributed by atoms with Gasteiger partial charge in [-0.25, -0.2) is 19.6 Å². The summed E-state index contributed by atoms with van der Waals surface area (Å²) in [6.45, 7) is 6.77. The Morgan fingerprint density at radius 1 is 0.536 bits per heavy atom. The summed E-state index contributed by atoms with van der Waals surface area (Å²) in [7, 11) is 0. The van der Waals surface area contributed by atoms with Gasteiger partial charge in [0, 0.05) is 19.8 Å². The molecule has 1 fully saturated rings. The minimum absolute atomic E-state index is 0.395. The molecule has 1 aliphatic carbocycles. The largest absolute Gasteiger partial charge is 0.381 e. The van der Waals surface area contributed by atoms with Crippen molar-refractivity contribution in [2.45, 2.75) is 96.5 Å². The van der Waals surface area contributed by atoms with Crippen LogP contribution in [0.1, 0.15) is 90.4 Å². The Labute approximate surface area is 172 Å². The number of ether oxygens (including phenoxy) is 2. The molecule has 0 radical (unpaired) electrons. The van der Waals surface area contributed by atoms with Crippen LogP contribution in [0.5, 0.6) is 0 Å². The molecule has 1 aliphatic rings. The lowest BCUT2D eigenvalue weighted by Crippen LogP contribution is -2.17. The lowest BCUT2D eigenvalue weighted by Gasteiger charge is -2.21. The molecule has 6 nitrogen and oxygen atoms in total. The first-order chi connectivity index (χ1) is 13.9. The first kappa shape index (κ1) is 25.8. The molecule has 168 valence electrons. The molecular weight excluding hydrogens is 360 g/mol. The third kappa shape index (κ3) is 17.8. The molecular formula is C22H44O6. The quantitative estimate of drug-likeness (QED) is 0.145. The first-order valence-corrected chi connectivity index (χ1v) is 11.6. The fourth-order valence-electron chi connectivity index (χ4n) is 3.12. The lowest BCUT2D eigenvalue weighted by atomic mass is 9.98. The SMILES string of the molecule is CCCCOOCCOOCCCCCCOCCCCOC1CCCCC1. The van der Waals surface area contributed by atoms with Crippen LogP contribution in [0.15, 0.2) is 0 Å². The molecule has 0 saturated heterocycles. The predicted octanol–water partition coefficient (Wildman–Crippen LogP) is 5.39. The maximum Gasteiger partial charge on any atom is 0.109 e. The molecule has 0 aromatic rings. The van der Waals surface area contributed by atoms with Gasteiger partial charge in [0.2, 0.25) is 0 Å². The molecule has 0 unspecified atom stereocenters. The van der Waals surface area contributed by atoms with Gasteiger partial charge in [-0.3, -0.25) is 0 Å². The van der Waals surface area contributed by atoms with Crippen LogP contribution in [0.3, 0.4) is 0 Å². The summed E-state index contributed by atoms with van der Waals surface area (Å²) in [4.78, 5) is 20.1. The van der Waals surface area contributed by atoms with Gasteiger partial charge >= 0.3 is 0 Å². The highest BCUT2D eigenvalue weighted by atomic mass is 17.2. The van der Waals surface area contributed by atoms with Crippen molar-refractivity contribution in [3.05, 3.63) is 0 Å². The Morgan fingerprint density at radius 2 is 1.07 bits per heavy atom. The summed E-state index contributed by atoms with van der Waals surface area (Å²) in [5.41, 5.74) is 0. The number of hydrogen-bond acceptors (Lipinski definition) is 6. The van der Waals surface area contributed by atoms with Crippen molar-refractivity contribution in [2.24, 2.45) is 0 Å². The summed E-state index contributed by atoms with van der Waals surface area (Å²) in [6, 6.07) is 0. The van der Waals surface area contributed by atoms with E-state index in [1.165, 1.54) is 38.5 Å². The topological polar surface area (TPSA) is 55.4 Å². The van der Waals surface area contributed by atoms with Crippen LogP contribution in [0, 0.1) is 0 Å². The van der Waals surface area contributed by atoms with Gasteiger partial charge in [0.15, 0.2) is 0 Å². The van der Waals surface area contributed by atoms with Crippen molar-refractivity contribution in [1.82, 2.24) is 0 Å². The summed E-state index contributed by atoms with van der Waals surface area (Å²) in [5.74, 6) is 0. The average Bonchev–Trinajstić information content (AvgIpc) is 2.73. The van der Waals surface area contributed by atoms with Crippen LogP contribution >= 0.6 is 0 Å². The zero-order chi connectivity index (χ0) is 20.0. The number of hydrogen-bond donors (Lipinski definition) is 0. The first-order valence-electron chi connectivity index (χ1n) is 11.6. The highest BCUT2D eigenvalue weighted by Gasteiger charge is 2.12. The molecule has 1 rings (SSSR count). The summed E-state index contributed by atoms with van der Waals surface area (Å²) in [6.07, 6.45) is 15.9. The maximum absolute atomic E-state index is 5.93. The third-order valence-corrected chi connectivity index (χ3v) is 4.85. The van der Waals surface area contributed by atoms with Crippen LogP contribution in [-0.4, -0.2) is 52.4 Å². The standard InChI is InChI=1S/C22H44O6/c1-2-3-18-25-27-20-21-28-26-19-10-5-4-9-15-23-16-11-12-17-24-22-13-7-6-8-14-22/h22H,2-21H2,1H3. The van der Waals surface area contributed by atoms with Gasteiger partial charge in [0.05, 0.1) is 19.3 Å². The van der Waals surface area contributed by atoms with E-state index in [2.05, 4.69) is 6.92 Å². The maximum atomic E-state index is 5.93. The zero-order valence-electron chi connectivity index (χ0n) is 18.2. The van der Waals surface area contributed by atoms with E-state index in [-0.39, 0.29) is 0 Å². The molecule has 0 aromatic heterocycles. The van der Waals surface area contributed by atoms with Crippen molar-refractivity contribution in [2.75, 3.05) is 46.2 Å². The molecule has 0 spiro atoms. The van der Waals surface area contributed by atoms with Gasteiger partial charge in [-0.2, -0.15) is 0 Å². The Balaban J connectivity index is 1.64. The minimum Gasteiger partial charge on any atom is -0.381 e. The van der Waals surface area contributed by atoms with Gasteiger partial charge in [-0.05, 0) is 44.9 Å². The minimum atomic E-state index is 0.395. The van der Waals surface area contributed by atoms with Crippen LogP contribution in [0.25, 0.3) is 0 Å². The van der Waals surface area contributed by atoms with E-state index in [0.717, 1.165) is 64.8 Å². The smallest absolute Gasteiger partial charge is 0.109 e. The van der Waals surface area contributed by atoms with E-state index < -0.39 is 0 Å². The van der Waals surface area contributed by atoms with E-state index in [0.29, 0.717) is 32.5 Å². The third-order valence-electron chi connectivity index (χ3n) is 4.85. The fourth-order valence-corrected chi connectivity index (χ4v) is 3.12. The molecule has 0 aliphatic heterocycles. The number of rotatable bonds is 21. The van der Waals surface area contributed by atoms with Crippen LogP contribution < -0.4 is 0 Å². The number of unbranched alkanes of at least 4 members (excludes halogenated alkanes) is 5. The Bertz CT molecular complexity index is 297. The Hall–Kier alpha value is -0.240. The monoisotopic (exact) mass is 404 g/mol. The fraction of sp³-hybridized carbons (Fsp3) is 1.00. The second-order valence-corrected chi connectivity index (χ2v) is 7.51. The van der Waals surface area contributed by atoms with E-state index in [1.54, 1.807) is 0 Å². The van der Waals surface area contributed by atoms with E-state index in [4.69, 9.17) is 29.0 Å². The van der Waals surface area contributed by atoms with Crippen molar-refractivity contribution in [3.63, 3.8) is 0 Å². The van der Waals surface area contributed by atoms with Crippen molar-refractivity contribution in [1.29, 1.82) is 0 Å². The van der Waals surface area contributed by atoms with Gasteiger partial charge in [-0.15, -0.1) is 0 Å². The van der Waals surface area contributed by atoms with Crippen LogP contribution in [-0.2, 0) is 29.0 Å². The summed E-state index contributed by atoms with van der Waals surface area (Å²) >= 11 is 0. The molecule has 0 N–H and O–H groups in total. The van der Waals surface area contributed by atoms with Crippen LogP contribution in [0.4, 0.5) is 0 Å². The van der Waals surface area contributed by atoms with E-state index in [1.807, 2.05) is 0 Å². The molecule has 0 aromatic carbocycles. The van der Waals surface area contributed by atoms with Crippen molar-refractivity contribution >= 4 is 0 Å². The highest BCUT2D eigenvalue weighted by molar-refractivity contribution is 4.64. The molecule has 0 amide bonds. The molecule has 0 heterocycles. The normalized spacial score (nSPS) is 15.3. The summed E-state index contributed by atoms with van der Waals surface area (Å²) < 4.78 is 11.6.